The summed E-state index contributed by atoms with van der Waals surface area (Å²) in [6, 6.07) is 16.4. The highest BCUT2D eigenvalue weighted by molar-refractivity contribution is 14.1. The van der Waals surface area contributed by atoms with Gasteiger partial charge in [-0.1, -0.05) is 30.3 Å². The molecular weight excluding hydrogens is 551 g/mol. The van der Waals surface area contributed by atoms with E-state index in [1.54, 1.807) is 42.5 Å². The molecule has 0 aliphatic heterocycles. The van der Waals surface area contributed by atoms with Gasteiger partial charge in [0, 0.05) is 3.57 Å². The van der Waals surface area contributed by atoms with Crippen LogP contribution in [0.2, 0.25) is 0 Å². The second-order valence-electron chi connectivity index (χ2n) is 6.48. The fraction of sp³-hybridized carbons (Fsp3) is 0.100. The molecule has 32 heavy (non-hydrogen) atoms. The molecule has 2 aromatic carbocycles. The number of hydrazone groups is 1. The third kappa shape index (κ3) is 6.45. The molecular formula is C20H17IN4O6S. The Kier molecular flexibility index (Phi) is 7.71. The second-order valence-corrected chi connectivity index (χ2v) is 9.44. The van der Waals surface area contributed by atoms with Gasteiger partial charge < -0.3 is 4.42 Å². The highest BCUT2D eigenvalue weighted by Gasteiger charge is 2.26. The number of hydrogen-bond acceptors (Lipinski definition) is 7. The number of amides is 1. The van der Waals surface area contributed by atoms with Gasteiger partial charge in [-0.25, -0.2) is 13.8 Å². The maximum Gasteiger partial charge on any atom is 0.433 e. The summed E-state index contributed by atoms with van der Waals surface area (Å²) in [6.45, 7) is 0. The number of halogens is 1. The van der Waals surface area contributed by atoms with Crippen molar-refractivity contribution in [1.82, 2.24) is 10.1 Å². The first-order valence-electron chi connectivity index (χ1n) is 9.13. The second kappa shape index (κ2) is 10.5. The van der Waals surface area contributed by atoms with Gasteiger partial charge in [-0.15, -0.1) is 0 Å². The average molecular weight is 568 g/mol. The lowest BCUT2D eigenvalue weighted by Crippen LogP contribution is -2.46. The number of rotatable bonds is 9. The molecule has 0 bridgehead atoms. The van der Waals surface area contributed by atoms with Crippen LogP contribution in [0.4, 0.5) is 5.88 Å². The van der Waals surface area contributed by atoms with E-state index < -0.39 is 32.8 Å². The summed E-state index contributed by atoms with van der Waals surface area (Å²) >= 11 is 2.06. The third-order valence-electron chi connectivity index (χ3n) is 4.18. The zero-order valence-electron chi connectivity index (χ0n) is 16.3. The van der Waals surface area contributed by atoms with Crippen LogP contribution in [0.1, 0.15) is 11.3 Å². The van der Waals surface area contributed by atoms with E-state index in [1.165, 1.54) is 18.2 Å². The molecule has 1 amide bonds. The Hall–Kier alpha value is -3.10. The van der Waals surface area contributed by atoms with E-state index in [-0.39, 0.29) is 17.1 Å². The fourth-order valence-corrected chi connectivity index (χ4v) is 4.21. The molecule has 1 atom stereocenters. The van der Waals surface area contributed by atoms with Crippen molar-refractivity contribution in [2.24, 2.45) is 5.10 Å². The van der Waals surface area contributed by atoms with Gasteiger partial charge in [0.15, 0.2) is 5.76 Å². The molecule has 166 valence electrons. The van der Waals surface area contributed by atoms with Gasteiger partial charge in [-0.05, 0) is 64.9 Å². The molecule has 2 N–H and O–H groups in total. The highest BCUT2D eigenvalue weighted by atomic mass is 127. The average Bonchev–Trinajstić information content (AvgIpc) is 3.23. The molecule has 0 fully saturated rings. The summed E-state index contributed by atoms with van der Waals surface area (Å²) in [5, 5.41) is 14.4. The first-order valence-corrected chi connectivity index (χ1v) is 11.7. The molecule has 1 aromatic heterocycles. The maximum absolute atomic E-state index is 12.8. The molecule has 12 heteroatoms. The minimum absolute atomic E-state index is 0.0233. The first kappa shape index (κ1) is 23.6. The van der Waals surface area contributed by atoms with Gasteiger partial charge in [-0.3, -0.25) is 14.9 Å². The Morgan fingerprint density at radius 2 is 1.81 bits per heavy atom. The number of benzene rings is 2. The quantitative estimate of drug-likeness (QED) is 0.176. The van der Waals surface area contributed by atoms with Crippen molar-refractivity contribution >= 4 is 50.6 Å². The van der Waals surface area contributed by atoms with E-state index in [9.17, 15) is 23.3 Å². The van der Waals surface area contributed by atoms with Gasteiger partial charge in [0.05, 0.1) is 17.2 Å². The molecule has 10 nitrogen and oxygen atoms in total. The lowest BCUT2D eigenvalue weighted by Gasteiger charge is -2.17. The van der Waals surface area contributed by atoms with Gasteiger partial charge in [0.2, 0.25) is 10.0 Å². The maximum atomic E-state index is 12.8. The Balaban J connectivity index is 1.76. The highest BCUT2D eigenvalue weighted by Crippen LogP contribution is 2.15. The molecule has 3 aromatic rings. The third-order valence-corrected chi connectivity index (χ3v) is 6.39. The van der Waals surface area contributed by atoms with E-state index in [2.05, 4.69) is 37.8 Å². The molecule has 0 aliphatic carbocycles. The number of hydrogen-bond donors (Lipinski definition) is 2. The fourth-order valence-electron chi connectivity index (χ4n) is 2.65. The number of carbonyl (C=O) groups excluding carboxylic acids is 1. The molecule has 0 unspecified atom stereocenters. The summed E-state index contributed by atoms with van der Waals surface area (Å²) in [6.07, 6.45) is 1.16. The Morgan fingerprint density at radius 1 is 1.12 bits per heavy atom. The van der Waals surface area contributed by atoms with Crippen molar-refractivity contribution in [2.45, 2.75) is 17.4 Å². The summed E-state index contributed by atoms with van der Waals surface area (Å²) in [7, 11) is -3.98. The van der Waals surface area contributed by atoms with Crippen molar-refractivity contribution < 1.29 is 22.6 Å². The first-order chi connectivity index (χ1) is 15.2. The monoisotopic (exact) mass is 568 g/mol. The zero-order valence-corrected chi connectivity index (χ0v) is 19.3. The van der Waals surface area contributed by atoms with Crippen LogP contribution < -0.4 is 10.1 Å². The van der Waals surface area contributed by atoms with Crippen molar-refractivity contribution in [3.05, 3.63) is 91.7 Å². The van der Waals surface area contributed by atoms with E-state index in [4.69, 9.17) is 4.42 Å². The van der Waals surface area contributed by atoms with Crippen LogP contribution >= 0.6 is 22.6 Å². The largest absolute Gasteiger partial charge is 0.433 e. The minimum Gasteiger partial charge on any atom is -0.400 e. The molecule has 3 rings (SSSR count). The Morgan fingerprint density at radius 3 is 2.44 bits per heavy atom. The SMILES string of the molecule is O=C(N/N=C\c1ccc([N+](=O)[O-])o1)[C@H](Cc1ccccc1)NS(=O)(=O)c1ccc(I)cc1. The zero-order chi connectivity index (χ0) is 23.1. The molecule has 0 aliphatic rings. The lowest BCUT2D eigenvalue weighted by molar-refractivity contribution is -0.402. The lowest BCUT2D eigenvalue weighted by atomic mass is 10.1. The summed E-state index contributed by atoms with van der Waals surface area (Å²) in [4.78, 5) is 22.7. The van der Waals surface area contributed by atoms with E-state index in [0.29, 0.717) is 0 Å². The van der Waals surface area contributed by atoms with Crippen LogP contribution in [0.5, 0.6) is 0 Å². The molecule has 0 radical (unpaired) electrons. The number of nitrogens with zero attached hydrogens (tertiary/aromatic N) is 2. The van der Waals surface area contributed by atoms with E-state index >= 15 is 0 Å². The standard InChI is InChI=1S/C20H17IN4O6S/c21-15-6-9-17(10-7-15)32(29,30)24-18(12-14-4-2-1-3-5-14)20(26)23-22-13-16-8-11-19(31-16)25(27)28/h1-11,13,18,24H,12H2,(H,23,26)/b22-13-/t18-/m0/s1. The van der Waals surface area contributed by atoms with Crippen LogP contribution in [-0.2, 0) is 21.2 Å². The number of sulfonamides is 1. The minimum atomic E-state index is -3.98. The normalized spacial score (nSPS) is 12.5. The topological polar surface area (TPSA) is 144 Å². The smallest absolute Gasteiger partial charge is 0.400 e. The Bertz CT molecular complexity index is 1230. The number of nitro groups is 1. The van der Waals surface area contributed by atoms with Crippen molar-refractivity contribution in [3.63, 3.8) is 0 Å². The van der Waals surface area contributed by atoms with Crippen molar-refractivity contribution in [2.75, 3.05) is 0 Å². The predicted octanol–water partition coefficient (Wildman–Crippen LogP) is 2.83. The summed E-state index contributed by atoms with van der Waals surface area (Å²) in [5.41, 5.74) is 2.99. The molecule has 0 spiro atoms. The number of nitrogens with one attached hydrogen (secondary N) is 2. The van der Waals surface area contributed by atoms with Crippen LogP contribution in [0.3, 0.4) is 0 Å². The Labute approximate surface area is 197 Å². The van der Waals surface area contributed by atoms with Crippen molar-refractivity contribution in [1.29, 1.82) is 0 Å². The number of carbonyl (C=O) groups is 1. The molecule has 0 saturated heterocycles. The molecule has 0 saturated carbocycles. The van der Waals surface area contributed by atoms with Crippen LogP contribution in [0, 0.1) is 13.7 Å². The van der Waals surface area contributed by atoms with Gasteiger partial charge >= 0.3 is 5.88 Å². The van der Waals surface area contributed by atoms with Crippen LogP contribution in [-0.4, -0.2) is 31.5 Å². The van der Waals surface area contributed by atoms with E-state index in [1.807, 2.05) is 0 Å². The van der Waals surface area contributed by atoms with Crippen LogP contribution in [0.25, 0.3) is 0 Å². The predicted molar refractivity (Wildman–Crippen MR) is 125 cm³/mol. The summed E-state index contributed by atoms with van der Waals surface area (Å²) in [5.74, 6) is -1.12. The van der Waals surface area contributed by atoms with Gasteiger partial charge in [0.25, 0.3) is 5.91 Å². The van der Waals surface area contributed by atoms with E-state index in [0.717, 1.165) is 21.4 Å². The molecule has 1 heterocycles. The van der Waals surface area contributed by atoms with Gasteiger partial charge in [0.1, 0.15) is 11.0 Å². The van der Waals surface area contributed by atoms with Gasteiger partial charge in [-0.2, -0.15) is 9.82 Å². The summed E-state index contributed by atoms with van der Waals surface area (Å²) < 4.78 is 33.8. The number of furan rings is 1. The van der Waals surface area contributed by atoms with Crippen molar-refractivity contribution in [3.8, 4) is 0 Å². The van der Waals surface area contributed by atoms with Crippen LogP contribution in [0.15, 0.2) is 81.1 Å².